The molecule has 0 unspecified atom stereocenters. The van der Waals surface area contributed by atoms with Gasteiger partial charge in [0.05, 0.1) is 0 Å². The molecule has 1 aromatic rings. The van der Waals surface area contributed by atoms with Crippen molar-refractivity contribution in [3.8, 4) is 0 Å². The van der Waals surface area contributed by atoms with Gasteiger partial charge >= 0.3 is 15.2 Å². The molecule has 0 heterocycles. The summed E-state index contributed by atoms with van der Waals surface area (Å²) in [7, 11) is -9.62. The molecule has 4 N–H and O–H groups in total. The number of thioether (sulfide) groups is 1. The van der Waals surface area contributed by atoms with E-state index in [1.165, 1.54) is 0 Å². The normalized spacial score (nSPS) is 12.9. The molecule has 0 aliphatic carbocycles. The second kappa shape index (κ2) is 7.04. The molecule has 0 radical (unpaired) electrons. The number of hydrogen-bond donors (Lipinski definition) is 4. The third-order valence-electron chi connectivity index (χ3n) is 2.30. The van der Waals surface area contributed by atoms with Crippen LogP contribution >= 0.6 is 27.0 Å². The van der Waals surface area contributed by atoms with Crippen molar-refractivity contribution in [1.29, 1.82) is 0 Å². The van der Waals surface area contributed by atoms with E-state index in [9.17, 15) is 9.13 Å². The number of benzene rings is 1. The maximum absolute atomic E-state index is 11.0. The second-order valence-corrected chi connectivity index (χ2v) is 9.67. The first kappa shape index (κ1) is 16.9. The smallest absolute Gasteiger partial charge is 0.323 e. The number of aryl methyl sites for hydroxylation is 1. The van der Waals surface area contributed by atoms with Gasteiger partial charge in [0, 0.05) is 0 Å². The van der Waals surface area contributed by atoms with E-state index in [2.05, 4.69) is 0 Å². The molecule has 0 atom stereocenters. The van der Waals surface area contributed by atoms with Crippen LogP contribution in [0.1, 0.15) is 12.0 Å². The van der Waals surface area contributed by atoms with Crippen molar-refractivity contribution in [1.82, 2.24) is 0 Å². The summed E-state index contributed by atoms with van der Waals surface area (Å²) >= 11 is 0.628. The highest BCUT2D eigenvalue weighted by Gasteiger charge is 2.43. The van der Waals surface area contributed by atoms with Crippen molar-refractivity contribution < 1.29 is 28.7 Å². The van der Waals surface area contributed by atoms with E-state index in [0.29, 0.717) is 24.6 Å². The SMILES string of the molecule is O=P(O)(O)C(SCCCc1ccccc1)P(=O)(O)O. The Morgan fingerprint density at radius 1 is 1.00 bits per heavy atom. The molecule has 1 rings (SSSR count). The molecular formula is C10H16O6P2S. The van der Waals surface area contributed by atoms with Gasteiger partial charge < -0.3 is 19.6 Å². The van der Waals surface area contributed by atoms with E-state index in [4.69, 9.17) is 19.6 Å². The number of rotatable bonds is 7. The van der Waals surface area contributed by atoms with Crippen molar-refractivity contribution in [2.75, 3.05) is 5.75 Å². The molecule has 0 aromatic heterocycles. The quantitative estimate of drug-likeness (QED) is 0.447. The zero-order valence-electron chi connectivity index (χ0n) is 9.99. The first-order chi connectivity index (χ1) is 8.71. The van der Waals surface area contributed by atoms with Gasteiger partial charge in [-0.25, -0.2) is 0 Å². The molecule has 0 saturated heterocycles. The fourth-order valence-corrected chi connectivity index (χ4v) is 5.78. The fourth-order valence-electron chi connectivity index (χ4n) is 1.50. The summed E-state index contributed by atoms with van der Waals surface area (Å²) in [5.41, 5.74) is 1.08. The Morgan fingerprint density at radius 2 is 1.53 bits per heavy atom. The fraction of sp³-hybridized carbons (Fsp3) is 0.400. The minimum absolute atomic E-state index is 0.274. The summed E-state index contributed by atoms with van der Waals surface area (Å²) in [6.07, 6.45) is 1.29. The van der Waals surface area contributed by atoms with Gasteiger partial charge in [0.15, 0.2) is 0 Å². The van der Waals surface area contributed by atoms with E-state index in [0.717, 1.165) is 5.56 Å². The van der Waals surface area contributed by atoms with Crippen LogP contribution < -0.4 is 0 Å². The molecule has 0 bridgehead atoms. The molecule has 0 amide bonds. The average Bonchev–Trinajstić information content (AvgIpc) is 2.26. The lowest BCUT2D eigenvalue weighted by molar-refractivity contribution is 0.352. The highest BCUT2D eigenvalue weighted by Crippen LogP contribution is 2.64. The third-order valence-corrected chi connectivity index (χ3v) is 8.62. The monoisotopic (exact) mass is 326 g/mol. The Kier molecular flexibility index (Phi) is 6.27. The van der Waals surface area contributed by atoms with E-state index in [1.54, 1.807) is 0 Å². The van der Waals surface area contributed by atoms with E-state index in [-0.39, 0.29) is 5.75 Å². The van der Waals surface area contributed by atoms with E-state index in [1.807, 2.05) is 30.3 Å². The van der Waals surface area contributed by atoms with E-state index < -0.39 is 19.9 Å². The van der Waals surface area contributed by atoms with Crippen molar-refractivity contribution in [2.24, 2.45) is 0 Å². The van der Waals surface area contributed by atoms with Crippen LogP contribution in [0.15, 0.2) is 30.3 Å². The van der Waals surface area contributed by atoms with Crippen LogP contribution in [-0.2, 0) is 15.6 Å². The predicted molar refractivity (Wildman–Crippen MR) is 75.1 cm³/mol. The highest BCUT2D eigenvalue weighted by molar-refractivity contribution is 8.12. The van der Waals surface area contributed by atoms with Crippen LogP contribution in [0.5, 0.6) is 0 Å². The summed E-state index contributed by atoms with van der Waals surface area (Å²) in [6.45, 7) is 0. The summed E-state index contributed by atoms with van der Waals surface area (Å²) in [6, 6.07) is 9.51. The van der Waals surface area contributed by atoms with Crippen LogP contribution in [0.4, 0.5) is 0 Å². The summed E-state index contributed by atoms with van der Waals surface area (Å²) in [4.78, 5) is 35.7. The van der Waals surface area contributed by atoms with Gasteiger partial charge in [0.1, 0.15) is 0 Å². The lowest BCUT2D eigenvalue weighted by Gasteiger charge is -2.18. The standard InChI is InChI=1S/C10H16O6P2S/c11-17(12,13)10(18(14,15)16)19-8-4-7-9-5-2-1-3-6-9/h1-3,5-6,10H,4,7-8H2,(H2,11,12,13)(H2,14,15,16). The summed E-state index contributed by atoms with van der Waals surface area (Å²) < 4.78 is 20.1. The highest BCUT2D eigenvalue weighted by atomic mass is 32.2. The Hall–Kier alpha value is -0.130. The van der Waals surface area contributed by atoms with Crippen molar-refractivity contribution in [2.45, 2.75) is 17.6 Å². The van der Waals surface area contributed by atoms with Crippen LogP contribution in [-0.4, -0.2) is 30.1 Å². The van der Waals surface area contributed by atoms with Crippen LogP contribution in [0.3, 0.4) is 0 Å². The maximum atomic E-state index is 11.0. The Balaban J connectivity index is 2.46. The largest absolute Gasteiger partial charge is 0.350 e. The summed E-state index contributed by atoms with van der Waals surface area (Å²) in [5, 5.41) is 0. The molecule has 108 valence electrons. The van der Waals surface area contributed by atoms with Gasteiger partial charge in [-0.1, -0.05) is 30.3 Å². The van der Waals surface area contributed by atoms with Crippen molar-refractivity contribution >= 4 is 27.0 Å². The predicted octanol–water partition coefficient (Wildman–Crippen LogP) is 1.99. The third kappa shape index (κ3) is 6.23. The van der Waals surface area contributed by atoms with Gasteiger partial charge in [-0.15, -0.1) is 11.8 Å². The maximum Gasteiger partial charge on any atom is 0.350 e. The van der Waals surface area contributed by atoms with Crippen molar-refractivity contribution in [3.63, 3.8) is 0 Å². The Morgan fingerprint density at radius 3 is 2.00 bits per heavy atom. The van der Waals surface area contributed by atoms with Gasteiger partial charge in [-0.05, 0) is 24.2 Å². The summed E-state index contributed by atoms with van der Waals surface area (Å²) in [5.74, 6) is 0.274. The molecule has 6 nitrogen and oxygen atoms in total. The molecule has 0 aliphatic rings. The first-order valence-corrected chi connectivity index (χ1v) is 9.88. The Labute approximate surface area is 115 Å². The second-order valence-electron chi connectivity index (χ2n) is 3.96. The minimum atomic E-state index is -4.81. The lowest BCUT2D eigenvalue weighted by Crippen LogP contribution is -2.05. The van der Waals surface area contributed by atoms with Crippen LogP contribution in [0.2, 0.25) is 0 Å². The van der Waals surface area contributed by atoms with Crippen LogP contribution in [0.25, 0.3) is 0 Å². The molecule has 0 spiro atoms. The molecule has 0 saturated carbocycles. The molecular weight excluding hydrogens is 310 g/mol. The van der Waals surface area contributed by atoms with Gasteiger partial charge in [0.2, 0.25) is 4.73 Å². The Bertz CT molecular complexity index is 460. The topological polar surface area (TPSA) is 115 Å². The van der Waals surface area contributed by atoms with E-state index >= 15 is 0 Å². The molecule has 9 heteroatoms. The minimum Gasteiger partial charge on any atom is -0.323 e. The molecule has 0 fully saturated rings. The van der Waals surface area contributed by atoms with Gasteiger partial charge in [0.25, 0.3) is 0 Å². The molecule has 0 aliphatic heterocycles. The first-order valence-electron chi connectivity index (χ1n) is 5.47. The zero-order chi connectivity index (χ0) is 14.5. The van der Waals surface area contributed by atoms with Gasteiger partial charge in [-0.2, -0.15) is 0 Å². The molecule has 1 aromatic carbocycles. The lowest BCUT2D eigenvalue weighted by atomic mass is 10.1. The van der Waals surface area contributed by atoms with Crippen LogP contribution in [0, 0.1) is 0 Å². The van der Waals surface area contributed by atoms with Gasteiger partial charge in [-0.3, -0.25) is 9.13 Å². The zero-order valence-corrected chi connectivity index (χ0v) is 12.6. The average molecular weight is 326 g/mol. The molecule has 19 heavy (non-hydrogen) atoms. The van der Waals surface area contributed by atoms with Crippen molar-refractivity contribution in [3.05, 3.63) is 35.9 Å². The number of hydrogen-bond acceptors (Lipinski definition) is 3.